The number of ether oxygens (including phenoxy) is 1. The average Bonchev–Trinajstić information content (AvgIpc) is 2.69. The van der Waals surface area contributed by atoms with Gasteiger partial charge in [-0.3, -0.25) is 4.79 Å². The second-order valence-corrected chi connectivity index (χ2v) is 8.55. The lowest BCUT2D eigenvalue weighted by molar-refractivity contribution is -0.114. The highest BCUT2D eigenvalue weighted by atomic mass is 32.2. The molecule has 0 saturated carbocycles. The number of anilines is 2. The molecule has 0 aliphatic heterocycles. The second-order valence-electron chi connectivity index (χ2n) is 6.56. The van der Waals surface area contributed by atoms with Crippen molar-refractivity contribution >= 4 is 27.1 Å². The van der Waals surface area contributed by atoms with E-state index in [0.717, 1.165) is 11.8 Å². The summed E-state index contributed by atoms with van der Waals surface area (Å²) in [7, 11) is -3.54. The molecule has 0 atom stereocenters. The van der Waals surface area contributed by atoms with E-state index in [9.17, 15) is 13.2 Å². The number of nitrogens with one attached hydrogen (secondary N) is 2. The van der Waals surface area contributed by atoms with Gasteiger partial charge in [0, 0.05) is 18.0 Å². The van der Waals surface area contributed by atoms with Crippen molar-refractivity contribution in [1.29, 1.82) is 0 Å². The molecule has 0 fully saturated rings. The number of rotatable bonds is 7. The van der Waals surface area contributed by atoms with Crippen LogP contribution >= 0.6 is 0 Å². The first-order valence-corrected chi connectivity index (χ1v) is 10.9. The van der Waals surface area contributed by atoms with Crippen LogP contribution < -0.4 is 15.4 Å². The molecule has 0 spiro atoms. The number of carbonyl (C=O) groups excluding carboxylic acids is 1. The van der Waals surface area contributed by atoms with E-state index < -0.39 is 9.84 Å². The van der Waals surface area contributed by atoms with Gasteiger partial charge in [0.1, 0.15) is 11.5 Å². The van der Waals surface area contributed by atoms with Gasteiger partial charge in [-0.05, 0) is 42.8 Å². The van der Waals surface area contributed by atoms with Gasteiger partial charge in [-0.25, -0.2) is 8.42 Å². The van der Waals surface area contributed by atoms with Crippen molar-refractivity contribution in [2.45, 2.75) is 11.8 Å². The van der Waals surface area contributed by atoms with Crippen LogP contribution in [0, 0.1) is 6.92 Å². The smallest absolute Gasteiger partial charge is 0.243 e. The quantitative estimate of drug-likeness (QED) is 0.609. The highest BCUT2D eigenvalue weighted by Crippen LogP contribution is 2.29. The van der Waals surface area contributed by atoms with Crippen LogP contribution in [0.2, 0.25) is 0 Å². The minimum atomic E-state index is -3.54. The van der Waals surface area contributed by atoms with Crippen molar-refractivity contribution in [2.75, 3.05) is 23.4 Å². The van der Waals surface area contributed by atoms with Crippen LogP contribution in [0.5, 0.6) is 11.5 Å². The molecule has 29 heavy (non-hydrogen) atoms. The molecule has 3 aromatic rings. The summed E-state index contributed by atoms with van der Waals surface area (Å²) in [6.07, 6.45) is 1.12. The number of hydrogen-bond donors (Lipinski definition) is 2. The highest BCUT2D eigenvalue weighted by molar-refractivity contribution is 7.90. The number of sulfone groups is 1. The molecule has 3 rings (SSSR count). The third-order valence-electron chi connectivity index (χ3n) is 4.19. The Morgan fingerprint density at radius 2 is 1.59 bits per heavy atom. The fraction of sp³-hybridized carbons (Fsp3) is 0.136. The third-order valence-corrected chi connectivity index (χ3v) is 5.33. The van der Waals surface area contributed by atoms with Crippen molar-refractivity contribution in [3.05, 3.63) is 78.4 Å². The zero-order chi connectivity index (χ0) is 20.9. The monoisotopic (exact) mass is 410 g/mol. The van der Waals surface area contributed by atoms with Crippen LogP contribution in [0.4, 0.5) is 11.4 Å². The van der Waals surface area contributed by atoms with E-state index in [2.05, 4.69) is 10.6 Å². The van der Waals surface area contributed by atoms with Crippen LogP contribution in [-0.4, -0.2) is 27.1 Å². The summed E-state index contributed by atoms with van der Waals surface area (Å²) < 4.78 is 30.2. The minimum absolute atomic E-state index is 0.0645. The summed E-state index contributed by atoms with van der Waals surface area (Å²) in [5.74, 6) is 0.722. The first-order valence-electron chi connectivity index (χ1n) is 8.99. The lowest BCUT2D eigenvalue weighted by Crippen LogP contribution is -2.23. The Kier molecular flexibility index (Phi) is 6.19. The van der Waals surface area contributed by atoms with E-state index in [-0.39, 0.29) is 17.3 Å². The molecule has 0 saturated heterocycles. The van der Waals surface area contributed by atoms with Crippen molar-refractivity contribution in [3.63, 3.8) is 0 Å². The van der Waals surface area contributed by atoms with E-state index >= 15 is 0 Å². The lowest BCUT2D eigenvalue weighted by atomic mass is 10.2. The molecule has 0 aliphatic rings. The molecule has 7 heteroatoms. The number of para-hydroxylation sites is 2. The zero-order valence-electron chi connectivity index (χ0n) is 16.2. The standard InChI is InChI=1S/C22H22N2O4S/c1-16-8-6-7-11-19(16)24-22(25)15-23-20-13-12-18(14-21(20)29(2,26)27)28-17-9-4-3-5-10-17/h3-14,23H,15H2,1-2H3,(H,24,25). The molecular weight excluding hydrogens is 388 g/mol. The van der Waals surface area contributed by atoms with Crippen molar-refractivity contribution < 1.29 is 17.9 Å². The number of benzene rings is 3. The maximum absolute atomic E-state index is 12.3. The van der Waals surface area contributed by atoms with Crippen LogP contribution in [0.15, 0.2) is 77.7 Å². The molecule has 6 nitrogen and oxygen atoms in total. The molecular formula is C22H22N2O4S. The van der Waals surface area contributed by atoms with Crippen LogP contribution in [-0.2, 0) is 14.6 Å². The van der Waals surface area contributed by atoms with Crippen LogP contribution in [0.1, 0.15) is 5.56 Å². The number of aryl methyl sites for hydroxylation is 1. The molecule has 1 amide bonds. The van der Waals surface area contributed by atoms with E-state index in [1.807, 2.05) is 49.4 Å². The average molecular weight is 410 g/mol. The van der Waals surface area contributed by atoms with Gasteiger partial charge in [0.05, 0.1) is 17.1 Å². The SMILES string of the molecule is Cc1ccccc1NC(=O)CNc1ccc(Oc2ccccc2)cc1S(C)(=O)=O. The summed E-state index contributed by atoms with van der Waals surface area (Å²) in [6, 6.07) is 21.2. The molecule has 2 N–H and O–H groups in total. The Bertz CT molecular complexity index is 1110. The van der Waals surface area contributed by atoms with Gasteiger partial charge in [0.25, 0.3) is 0 Å². The van der Waals surface area contributed by atoms with Crippen LogP contribution in [0.3, 0.4) is 0 Å². The summed E-state index contributed by atoms with van der Waals surface area (Å²) >= 11 is 0. The van der Waals surface area contributed by atoms with Gasteiger partial charge in [-0.2, -0.15) is 0 Å². The van der Waals surface area contributed by atoms with Gasteiger partial charge in [-0.1, -0.05) is 36.4 Å². The molecule has 0 aromatic heterocycles. The fourth-order valence-electron chi connectivity index (χ4n) is 2.73. The third kappa shape index (κ3) is 5.58. The molecule has 0 radical (unpaired) electrons. The van der Waals surface area contributed by atoms with Crippen LogP contribution in [0.25, 0.3) is 0 Å². The van der Waals surface area contributed by atoms with Crippen molar-refractivity contribution in [3.8, 4) is 11.5 Å². The molecule has 0 bridgehead atoms. The maximum Gasteiger partial charge on any atom is 0.243 e. The predicted molar refractivity (Wildman–Crippen MR) is 114 cm³/mol. The van der Waals surface area contributed by atoms with E-state index in [0.29, 0.717) is 22.9 Å². The Morgan fingerprint density at radius 3 is 2.28 bits per heavy atom. The fourth-order valence-corrected chi connectivity index (χ4v) is 3.60. The number of amides is 1. The van der Waals surface area contributed by atoms with Crippen molar-refractivity contribution in [1.82, 2.24) is 0 Å². The maximum atomic E-state index is 12.3. The number of hydrogen-bond acceptors (Lipinski definition) is 5. The Labute approximate surface area is 170 Å². The Hall–Kier alpha value is -3.32. The summed E-state index contributed by atoms with van der Waals surface area (Å²) in [6.45, 7) is 1.83. The minimum Gasteiger partial charge on any atom is -0.457 e. The normalized spacial score (nSPS) is 11.0. The van der Waals surface area contributed by atoms with Gasteiger partial charge in [0.2, 0.25) is 5.91 Å². The molecule has 3 aromatic carbocycles. The van der Waals surface area contributed by atoms with E-state index in [1.54, 1.807) is 24.3 Å². The summed E-state index contributed by atoms with van der Waals surface area (Å²) in [5.41, 5.74) is 2.00. The molecule has 0 heterocycles. The number of carbonyl (C=O) groups is 1. The van der Waals surface area contributed by atoms with E-state index in [1.165, 1.54) is 6.07 Å². The van der Waals surface area contributed by atoms with Gasteiger partial charge >= 0.3 is 0 Å². The molecule has 0 aliphatic carbocycles. The summed E-state index contributed by atoms with van der Waals surface area (Å²) in [5, 5.41) is 5.71. The Morgan fingerprint density at radius 1 is 0.897 bits per heavy atom. The molecule has 150 valence electrons. The highest BCUT2D eigenvalue weighted by Gasteiger charge is 2.16. The molecule has 0 unspecified atom stereocenters. The first-order chi connectivity index (χ1) is 13.8. The van der Waals surface area contributed by atoms with Gasteiger partial charge in [0.15, 0.2) is 9.84 Å². The largest absolute Gasteiger partial charge is 0.457 e. The van der Waals surface area contributed by atoms with Crippen molar-refractivity contribution in [2.24, 2.45) is 0 Å². The van der Waals surface area contributed by atoms with E-state index in [4.69, 9.17) is 4.74 Å². The Balaban J connectivity index is 1.74. The topological polar surface area (TPSA) is 84.5 Å². The zero-order valence-corrected chi connectivity index (χ0v) is 17.0. The second kappa shape index (κ2) is 8.79. The predicted octanol–water partition coefficient (Wildman–Crippen LogP) is 4.24. The first kappa shape index (κ1) is 20.4. The van der Waals surface area contributed by atoms with Gasteiger partial charge in [-0.15, -0.1) is 0 Å². The lowest BCUT2D eigenvalue weighted by Gasteiger charge is -2.14. The summed E-state index contributed by atoms with van der Waals surface area (Å²) in [4.78, 5) is 12.3. The van der Waals surface area contributed by atoms with Gasteiger partial charge < -0.3 is 15.4 Å².